The molecule has 1 nitrogen and oxygen atoms in total. The van der Waals surface area contributed by atoms with Crippen molar-refractivity contribution in [2.45, 2.75) is 39.0 Å². The Balaban J connectivity index is 2.02. The molecule has 102 valence electrons. The van der Waals surface area contributed by atoms with E-state index < -0.39 is 0 Å². The Bertz CT molecular complexity index is 651. The second-order valence-electron chi connectivity index (χ2n) is 5.86. The molecule has 0 amide bonds. The molecule has 0 aliphatic heterocycles. The van der Waals surface area contributed by atoms with E-state index >= 15 is 0 Å². The van der Waals surface area contributed by atoms with Crippen molar-refractivity contribution in [1.82, 2.24) is 0 Å². The third-order valence-corrected chi connectivity index (χ3v) is 4.38. The van der Waals surface area contributed by atoms with Gasteiger partial charge in [-0.05, 0) is 43.7 Å². The fourth-order valence-electron chi connectivity index (χ4n) is 2.99. The monoisotopic (exact) mass is 264 g/mol. The molecule has 0 aromatic heterocycles. The number of ketones is 1. The zero-order valence-electron chi connectivity index (χ0n) is 12.1. The first-order valence-corrected chi connectivity index (χ1v) is 7.37. The Kier molecular flexibility index (Phi) is 3.43. The maximum Gasteiger partial charge on any atom is 0.193 e. The Hall–Kier alpha value is -1.89. The van der Waals surface area contributed by atoms with Crippen molar-refractivity contribution >= 4 is 5.78 Å². The van der Waals surface area contributed by atoms with Gasteiger partial charge in [-0.1, -0.05) is 54.4 Å². The first-order chi connectivity index (χ1) is 9.66. The molecule has 1 heteroatoms. The average molecular weight is 264 g/mol. The molecule has 2 aromatic carbocycles. The minimum Gasteiger partial charge on any atom is -0.289 e. The molecule has 0 spiro atoms. The summed E-state index contributed by atoms with van der Waals surface area (Å²) in [6, 6.07) is 14.2. The van der Waals surface area contributed by atoms with Gasteiger partial charge in [0.05, 0.1) is 0 Å². The fraction of sp³-hybridized carbons (Fsp3) is 0.316. The highest BCUT2D eigenvalue weighted by Crippen LogP contribution is 2.38. The molecule has 3 rings (SSSR count). The second-order valence-corrected chi connectivity index (χ2v) is 5.86. The van der Waals surface area contributed by atoms with Gasteiger partial charge in [0, 0.05) is 11.1 Å². The molecular weight excluding hydrogens is 244 g/mol. The van der Waals surface area contributed by atoms with Crippen LogP contribution in [0.1, 0.15) is 57.8 Å². The summed E-state index contributed by atoms with van der Waals surface area (Å²) in [5, 5.41) is 0. The van der Waals surface area contributed by atoms with Crippen LogP contribution in [0.25, 0.3) is 0 Å². The van der Waals surface area contributed by atoms with Crippen LogP contribution in [0.3, 0.4) is 0 Å². The predicted molar refractivity (Wildman–Crippen MR) is 82.4 cm³/mol. The number of aryl methyl sites for hydroxylation is 2. The van der Waals surface area contributed by atoms with Crippen LogP contribution < -0.4 is 0 Å². The second kappa shape index (κ2) is 5.24. The van der Waals surface area contributed by atoms with Crippen LogP contribution in [0, 0.1) is 13.8 Å². The van der Waals surface area contributed by atoms with E-state index in [-0.39, 0.29) is 5.78 Å². The Morgan fingerprint density at radius 1 is 1.00 bits per heavy atom. The first kappa shape index (κ1) is 13.1. The smallest absolute Gasteiger partial charge is 0.193 e. The SMILES string of the molecule is Cc1ccc(C(=O)c2ccccc2C2CCC2)c(C)c1. The number of rotatable bonds is 3. The number of hydrogen-bond acceptors (Lipinski definition) is 1. The summed E-state index contributed by atoms with van der Waals surface area (Å²) in [6.45, 7) is 4.08. The van der Waals surface area contributed by atoms with E-state index in [1.54, 1.807) is 0 Å². The van der Waals surface area contributed by atoms with Crippen molar-refractivity contribution in [2.75, 3.05) is 0 Å². The summed E-state index contributed by atoms with van der Waals surface area (Å²) in [5.74, 6) is 0.755. The van der Waals surface area contributed by atoms with Crippen LogP contribution in [0.2, 0.25) is 0 Å². The van der Waals surface area contributed by atoms with Crippen LogP contribution in [0.15, 0.2) is 42.5 Å². The van der Waals surface area contributed by atoms with Crippen molar-refractivity contribution in [3.63, 3.8) is 0 Å². The average Bonchev–Trinajstić information content (AvgIpc) is 2.37. The third kappa shape index (κ3) is 2.29. The highest BCUT2D eigenvalue weighted by Gasteiger charge is 2.24. The van der Waals surface area contributed by atoms with E-state index in [0.29, 0.717) is 5.92 Å². The van der Waals surface area contributed by atoms with Crippen molar-refractivity contribution < 1.29 is 4.79 Å². The lowest BCUT2D eigenvalue weighted by Crippen LogP contribution is -2.15. The van der Waals surface area contributed by atoms with Crippen molar-refractivity contribution in [3.8, 4) is 0 Å². The molecule has 1 fully saturated rings. The summed E-state index contributed by atoms with van der Waals surface area (Å²) >= 11 is 0. The number of carbonyl (C=O) groups is 1. The Labute approximate surface area is 120 Å². The lowest BCUT2D eigenvalue weighted by Gasteiger charge is -2.27. The van der Waals surface area contributed by atoms with E-state index in [1.807, 2.05) is 37.3 Å². The van der Waals surface area contributed by atoms with Gasteiger partial charge in [0.15, 0.2) is 5.78 Å². The topological polar surface area (TPSA) is 17.1 Å². The molecule has 0 heterocycles. The third-order valence-electron chi connectivity index (χ3n) is 4.38. The van der Waals surface area contributed by atoms with Gasteiger partial charge in [-0.2, -0.15) is 0 Å². The molecule has 0 N–H and O–H groups in total. The fourth-order valence-corrected chi connectivity index (χ4v) is 2.99. The van der Waals surface area contributed by atoms with E-state index in [2.05, 4.69) is 19.1 Å². The summed E-state index contributed by atoms with van der Waals surface area (Å²) in [7, 11) is 0. The maximum atomic E-state index is 12.8. The van der Waals surface area contributed by atoms with Gasteiger partial charge in [-0.25, -0.2) is 0 Å². The lowest BCUT2D eigenvalue weighted by molar-refractivity contribution is 0.103. The van der Waals surface area contributed by atoms with Gasteiger partial charge in [-0.3, -0.25) is 4.79 Å². The van der Waals surface area contributed by atoms with Crippen LogP contribution in [0.5, 0.6) is 0 Å². The normalized spacial score (nSPS) is 14.9. The minimum atomic E-state index is 0.171. The van der Waals surface area contributed by atoms with Gasteiger partial charge in [0.1, 0.15) is 0 Å². The van der Waals surface area contributed by atoms with Gasteiger partial charge in [-0.15, -0.1) is 0 Å². The van der Waals surface area contributed by atoms with Crippen LogP contribution in [-0.2, 0) is 0 Å². The maximum absolute atomic E-state index is 12.8. The largest absolute Gasteiger partial charge is 0.289 e. The van der Waals surface area contributed by atoms with Gasteiger partial charge >= 0.3 is 0 Å². The van der Waals surface area contributed by atoms with E-state index in [0.717, 1.165) is 16.7 Å². The molecule has 20 heavy (non-hydrogen) atoms. The summed E-state index contributed by atoms with van der Waals surface area (Å²) < 4.78 is 0. The van der Waals surface area contributed by atoms with Crippen molar-refractivity contribution in [1.29, 1.82) is 0 Å². The lowest BCUT2D eigenvalue weighted by atomic mass is 9.77. The predicted octanol–water partition coefficient (Wildman–Crippen LogP) is 4.80. The molecular formula is C19H20O. The summed E-state index contributed by atoms with van der Waals surface area (Å²) in [6.07, 6.45) is 3.73. The quantitative estimate of drug-likeness (QED) is 0.728. The molecule has 0 unspecified atom stereocenters. The standard InChI is InChI=1S/C19H20O/c1-13-10-11-16(14(2)12-13)19(20)18-9-4-3-8-17(18)15-6-5-7-15/h3-4,8-12,15H,5-7H2,1-2H3. The summed E-state index contributed by atoms with van der Waals surface area (Å²) in [4.78, 5) is 12.8. The minimum absolute atomic E-state index is 0.171. The molecule has 0 bridgehead atoms. The Morgan fingerprint density at radius 2 is 1.75 bits per heavy atom. The van der Waals surface area contributed by atoms with E-state index in [4.69, 9.17) is 0 Å². The molecule has 1 aliphatic carbocycles. The molecule has 0 atom stereocenters. The van der Waals surface area contributed by atoms with Gasteiger partial charge < -0.3 is 0 Å². The number of carbonyl (C=O) groups excluding carboxylic acids is 1. The first-order valence-electron chi connectivity index (χ1n) is 7.37. The highest BCUT2D eigenvalue weighted by molar-refractivity contribution is 6.10. The Morgan fingerprint density at radius 3 is 2.40 bits per heavy atom. The van der Waals surface area contributed by atoms with Crippen LogP contribution in [-0.4, -0.2) is 5.78 Å². The molecule has 1 aliphatic rings. The number of hydrogen-bond donors (Lipinski definition) is 0. The van der Waals surface area contributed by atoms with Gasteiger partial charge in [0.25, 0.3) is 0 Å². The molecule has 1 saturated carbocycles. The van der Waals surface area contributed by atoms with Crippen LogP contribution >= 0.6 is 0 Å². The zero-order chi connectivity index (χ0) is 14.1. The van der Waals surface area contributed by atoms with E-state index in [1.165, 1.54) is 30.4 Å². The van der Waals surface area contributed by atoms with Gasteiger partial charge in [0.2, 0.25) is 0 Å². The summed E-state index contributed by atoms with van der Waals surface area (Å²) in [5.41, 5.74) is 5.24. The highest BCUT2D eigenvalue weighted by atomic mass is 16.1. The van der Waals surface area contributed by atoms with E-state index in [9.17, 15) is 4.79 Å². The molecule has 0 saturated heterocycles. The van der Waals surface area contributed by atoms with Crippen molar-refractivity contribution in [3.05, 3.63) is 70.3 Å². The molecule has 0 radical (unpaired) electrons. The number of benzene rings is 2. The zero-order valence-corrected chi connectivity index (χ0v) is 12.1. The molecule has 2 aromatic rings. The van der Waals surface area contributed by atoms with Crippen molar-refractivity contribution in [2.24, 2.45) is 0 Å². The van der Waals surface area contributed by atoms with Crippen LogP contribution in [0.4, 0.5) is 0 Å².